The molecule has 0 aliphatic heterocycles. The van der Waals surface area contributed by atoms with Crippen LogP contribution in [0.25, 0.3) is 0 Å². The molecule has 0 saturated heterocycles. The first-order valence-corrected chi connectivity index (χ1v) is 5.58. The van der Waals surface area contributed by atoms with Gasteiger partial charge in [-0.15, -0.1) is 12.4 Å². The van der Waals surface area contributed by atoms with Crippen molar-refractivity contribution in [3.63, 3.8) is 0 Å². The van der Waals surface area contributed by atoms with Gasteiger partial charge >= 0.3 is 0 Å². The molecule has 4 heteroatoms. The minimum atomic E-state index is -0.537. The summed E-state index contributed by atoms with van der Waals surface area (Å²) in [4.78, 5) is 0. The summed E-state index contributed by atoms with van der Waals surface area (Å²) in [6.45, 7) is 4.12. The van der Waals surface area contributed by atoms with Gasteiger partial charge in [-0.25, -0.2) is 0 Å². The Morgan fingerprint density at radius 2 is 1.88 bits per heavy atom. The standard InChI is InChI=1S/C12H18ClNO.ClH/c1-8(2)7-11(15)12(14)9-5-3-4-6-10(9)13;/h3-6,8,11-12,15H,7,14H2,1-2H3;1H/t11-,12+;/m1./s1. The molecule has 0 unspecified atom stereocenters. The fourth-order valence-corrected chi connectivity index (χ4v) is 1.84. The SMILES string of the molecule is CC(C)C[C@@H](O)[C@@H](N)c1ccccc1Cl.Cl. The number of hydrogen-bond donors (Lipinski definition) is 2. The van der Waals surface area contributed by atoms with Crippen LogP contribution in [0.3, 0.4) is 0 Å². The van der Waals surface area contributed by atoms with Crippen molar-refractivity contribution < 1.29 is 5.11 Å². The van der Waals surface area contributed by atoms with Crippen molar-refractivity contribution in [2.45, 2.75) is 32.4 Å². The minimum Gasteiger partial charge on any atom is -0.391 e. The molecule has 1 aromatic rings. The molecule has 0 bridgehead atoms. The van der Waals surface area contributed by atoms with Crippen molar-refractivity contribution in [1.29, 1.82) is 0 Å². The number of benzene rings is 1. The molecule has 0 radical (unpaired) electrons. The van der Waals surface area contributed by atoms with Crippen LogP contribution in [0.2, 0.25) is 5.02 Å². The predicted octanol–water partition coefficient (Wildman–Crippen LogP) is 3.17. The summed E-state index contributed by atoms with van der Waals surface area (Å²) in [5.41, 5.74) is 6.77. The van der Waals surface area contributed by atoms with Crippen molar-refractivity contribution >= 4 is 24.0 Å². The molecule has 0 spiro atoms. The van der Waals surface area contributed by atoms with E-state index in [-0.39, 0.29) is 12.4 Å². The fourth-order valence-electron chi connectivity index (χ4n) is 1.58. The maximum Gasteiger partial charge on any atom is 0.0735 e. The van der Waals surface area contributed by atoms with Crippen molar-refractivity contribution in [3.05, 3.63) is 34.9 Å². The molecular weight excluding hydrogens is 245 g/mol. The average molecular weight is 264 g/mol. The Bertz CT molecular complexity index is 318. The Morgan fingerprint density at radius 1 is 1.31 bits per heavy atom. The summed E-state index contributed by atoms with van der Waals surface area (Å²) in [6.07, 6.45) is 0.150. The van der Waals surface area contributed by atoms with Gasteiger partial charge in [0, 0.05) is 5.02 Å². The van der Waals surface area contributed by atoms with E-state index in [1.54, 1.807) is 6.07 Å². The second kappa shape index (κ2) is 7.13. The van der Waals surface area contributed by atoms with E-state index >= 15 is 0 Å². The summed E-state index contributed by atoms with van der Waals surface area (Å²) in [5.74, 6) is 0.425. The van der Waals surface area contributed by atoms with Gasteiger partial charge in [0.25, 0.3) is 0 Å². The largest absolute Gasteiger partial charge is 0.391 e. The second-order valence-electron chi connectivity index (χ2n) is 4.24. The van der Waals surface area contributed by atoms with Crippen LogP contribution in [0.15, 0.2) is 24.3 Å². The Morgan fingerprint density at radius 3 is 2.38 bits per heavy atom. The number of nitrogens with two attached hydrogens (primary N) is 1. The van der Waals surface area contributed by atoms with Gasteiger partial charge in [0.2, 0.25) is 0 Å². The second-order valence-corrected chi connectivity index (χ2v) is 4.65. The first kappa shape index (κ1) is 15.7. The monoisotopic (exact) mass is 263 g/mol. The highest BCUT2D eigenvalue weighted by Gasteiger charge is 2.19. The third-order valence-electron chi connectivity index (χ3n) is 2.39. The molecule has 0 fully saturated rings. The molecule has 1 rings (SSSR count). The Kier molecular flexibility index (Phi) is 7.00. The summed E-state index contributed by atoms with van der Waals surface area (Å²) >= 11 is 6.01. The third-order valence-corrected chi connectivity index (χ3v) is 2.74. The summed E-state index contributed by atoms with van der Waals surface area (Å²) in [7, 11) is 0. The highest BCUT2D eigenvalue weighted by atomic mass is 35.5. The number of rotatable bonds is 4. The molecule has 2 atom stereocenters. The van der Waals surface area contributed by atoms with Gasteiger partial charge in [0.1, 0.15) is 0 Å². The fraction of sp³-hybridized carbons (Fsp3) is 0.500. The van der Waals surface area contributed by atoms with Gasteiger partial charge in [0.05, 0.1) is 12.1 Å². The van der Waals surface area contributed by atoms with Gasteiger partial charge in [0.15, 0.2) is 0 Å². The van der Waals surface area contributed by atoms with Crippen LogP contribution in [0, 0.1) is 5.92 Å². The highest BCUT2D eigenvalue weighted by molar-refractivity contribution is 6.31. The zero-order chi connectivity index (χ0) is 11.4. The average Bonchev–Trinajstić information content (AvgIpc) is 2.16. The molecule has 92 valence electrons. The van der Waals surface area contributed by atoms with Crippen LogP contribution in [-0.2, 0) is 0 Å². The van der Waals surface area contributed by atoms with Crippen LogP contribution >= 0.6 is 24.0 Å². The van der Waals surface area contributed by atoms with Crippen molar-refractivity contribution in [1.82, 2.24) is 0 Å². The first-order chi connectivity index (χ1) is 7.02. The zero-order valence-corrected chi connectivity index (χ0v) is 11.1. The molecule has 2 nitrogen and oxygen atoms in total. The zero-order valence-electron chi connectivity index (χ0n) is 9.56. The van der Waals surface area contributed by atoms with Crippen LogP contribution in [0.4, 0.5) is 0 Å². The van der Waals surface area contributed by atoms with Gasteiger partial charge in [-0.3, -0.25) is 0 Å². The van der Waals surface area contributed by atoms with E-state index in [1.165, 1.54) is 0 Å². The maximum absolute atomic E-state index is 9.88. The molecule has 0 aromatic heterocycles. The van der Waals surface area contributed by atoms with E-state index in [0.29, 0.717) is 17.4 Å². The van der Waals surface area contributed by atoms with Gasteiger partial charge in [-0.2, -0.15) is 0 Å². The maximum atomic E-state index is 9.88. The number of hydrogen-bond acceptors (Lipinski definition) is 2. The lowest BCUT2D eigenvalue weighted by Crippen LogP contribution is -2.27. The number of halogens is 2. The predicted molar refractivity (Wildman–Crippen MR) is 71.1 cm³/mol. The van der Waals surface area contributed by atoms with Crippen molar-refractivity contribution in [2.75, 3.05) is 0 Å². The van der Waals surface area contributed by atoms with E-state index < -0.39 is 12.1 Å². The normalized spacial score (nSPS) is 14.4. The quantitative estimate of drug-likeness (QED) is 0.877. The molecule has 0 saturated carbocycles. The Labute approximate surface area is 108 Å². The number of aliphatic hydroxyl groups is 1. The lowest BCUT2D eigenvalue weighted by atomic mass is 9.95. The van der Waals surface area contributed by atoms with Gasteiger partial charge in [-0.1, -0.05) is 43.6 Å². The van der Waals surface area contributed by atoms with Crippen LogP contribution < -0.4 is 5.73 Å². The van der Waals surface area contributed by atoms with Crippen LogP contribution in [-0.4, -0.2) is 11.2 Å². The van der Waals surface area contributed by atoms with Gasteiger partial charge in [-0.05, 0) is 24.0 Å². The molecule has 0 amide bonds. The minimum absolute atomic E-state index is 0. The number of aliphatic hydroxyl groups excluding tert-OH is 1. The van der Waals surface area contributed by atoms with E-state index in [1.807, 2.05) is 18.2 Å². The summed E-state index contributed by atoms with van der Waals surface area (Å²) < 4.78 is 0. The molecule has 0 aliphatic carbocycles. The molecule has 0 heterocycles. The van der Waals surface area contributed by atoms with Crippen LogP contribution in [0.5, 0.6) is 0 Å². The third kappa shape index (κ3) is 4.30. The molecule has 0 aliphatic rings. The van der Waals surface area contributed by atoms with E-state index in [9.17, 15) is 5.11 Å². The topological polar surface area (TPSA) is 46.2 Å². The smallest absolute Gasteiger partial charge is 0.0735 e. The lowest BCUT2D eigenvalue weighted by Gasteiger charge is -2.21. The Hall–Kier alpha value is -0.280. The van der Waals surface area contributed by atoms with Crippen LogP contribution in [0.1, 0.15) is 31.9 Å². The molecular formula is C12H19Cl2NO. The summed E-state index contributed by atoms with van der Waals surface area (Å²) in [5, 5.41) is 10.5. The van der Waals surface area contributed by atoms with Crippen molar-refractivity contribution in [3.8, 4) is 0 Å². The van der Waals surface area contributed by atoms with E-state index in [2.05, 4.69) is 13.8 Å². The molecule has 16 heavy (non-hydrogen) atoms. The van der Waals surface area contributed by atoms with E-state index in [4.69, 9.17) is 17.3 Å². The Balaban J connectivity index is 0.00000225. The first-order valence-electron chi connectivity index (χ1n) is 5.20. The summed E-state index contributed by atoms with van der Waals surface area (Å²) in [6, 6.07) is 6.98. The van der Waals surface area contributed by atoms with Crippen molar-refractivity contribution in [2.24, 2.45) is 11.7 Å². The van der Waals surface area contributed by atoms with E-state index in [0.717, 1.165) is 5.56 Å². The molecule has 3 N–H and O–H groups in total. The lowest BCUT2D eigenvalue weighted by molar-refractivity contribution is 0.121. The molecule has 1 aromatic carbocycles. The van der Waals surface area contributed by atoms with Gasteiger partial charge < -0.3 is 10.8 Å². The highest BCUT2D eigenvalue weighted by Crippen LogP contribution is 2.25.